The van der Waals surface area contributed by atoms with Crippen LogP contribution in [0.4, 0.5) is 0 Å². The second-order valence-corrected chi connectivity index (χ2v) is 3.53. The van der Waals surface area contributed by atoms with Crippen LogP contribution in [0.1, 0.15) is 24.9 Å². The standard InChI is InChI=1S/C11H19N3/c1-3-9(8-13-2)11(12)10-4-6-14-7-5-10/h4-7,9,11,13H,3,8,12H2,1-2H3. The summed E-state index contributed by atoms with van der Waals surface area (Å²) < 4.78 is 0. The quantitative estimate of drug-likeness (QED) is 0.741. The van der Waals surface area contributed by atoms with Gasteiger partial charge in [0, 0.05) is 18.4 Å². The molecule has 14 heavy (non-hydrogen) atoms. The van der Waals surface area contributed by atoms with Crippen LogP contribution in [0.5, 0.6) is 0 Å². The van der Waals surface area contributed by atoms with Gasteiger partial charge in [-0.2, -0.15) is 0 Å². The fourth-order valence-corrected chi connectivity index (χ4v) is 1.65. The highest BCUT2D eigenvalue weighted by Gasteiger charge is 2.16. The van der Waals surface area contributed by atoms with Gasteiger partial charge in [0.25, 0.3) is 0 Å². The lowest BCUT2D eigenvalue weighted by atomic mass is 9.92. The van der Waals surface area contributed by atoms with Crippen molar-refractivity contribution in [1.82, 2.24) is 10.3 Å². The molecule has 3 nitrogen and oxygen atoms in total. The molecule has 0 bridgehead atoms. The van der Waals surface area contributed by atoms with Crippen molar-refractivity contribution in [2.45, 2.75) is 19.4 Å². The van der Waals surface area contributed by atoms with Crippen LogP contribution in [0.3, 0.4) is 0 Å². The molecule has 0 spiro atoms. The maximum Gasteiger partial charge on any atom is 0.0336 e. The van der Waals surface area contributed by atoms with Crippen LogP contribution in [0.2, 0.25) is 0 Å². The Bertz CT molecular complexity index is 248. The molecule has 2 atom stereocenters. The number of nitrogens with one attached hydrogen (secondary N) is 1. The number of hydrogen-bond acceptors (Lipinski definition) is 3. The van der Waals surface area contributed by atoms with Gasteiger partial charge in [0.1, 0.15) is 0 Å². The van der Waals surface area contributed by atoms with E-state index < -0.39 is 0 Å². The SMILES string of the molecule is CCC(CNC)C(N)c1ccncc1. The highest BCUT2D eigenvalue weighted by Crippen LogP contribution is 2.20. The van der Waals surface area contributed by atoms with Crippen LogP contribution in [0.25, 0.3) is 0 Å². The van der Waals surface area contributed by atoms with Gasteiger partial charge >= 0.3 is 0 Å². The topological polar surface area (TPSA) is 50.9 Å². The Labute approximate surface area is 85.7 Å². The molecule has 78 valence electrons. The van der Waals surface area contributed by atoms with Crippen LogP contribution >= 0.6 is 0 Å². The second-order valence-electron chi connectivity index (χ2n) is 3.53. The molecule has 0 aliphatic rings. The van der Waals surface area contributed by atoms with Gasteiger partial charge in [-0.25, -0.2) is 0 Å². The van der Waals surface area contributed by atoms with E-state index in [9.17, 15) is 0 Å². The Balaban J connectivity index is 2.67. The lowest BCUT2D eigenvalue weighted by molar-refractivity contribution is 0.403. The van der Waals surface area contributed by atoms with Crippen molar-refractivity contribution in [2.75, 3.05) is 13.6 Å². The summed E-state index contributed by atoms with van der Waals surface area (Å²) in [6, 6.07) is 4.09. The fraction of sp³-hybridized carbons (Fsp3) is 0.545. The van der Waals surface area contributed by atoms with Gasteiger partial charge in [0.2, 0.25) is 0 Å². The van der Waals surface area contributed by atoms with Gasteiger partial charge in [-0.3, -0.25) is 4.98 Å². The van der Waals surface area contributed by atoms with Crippen molar-refractivity contribution >= 4 is 0 Å². The smallest absolute Gasteiger partial charge is 0.0336 e. The van der Waals surface area contributed by atoms with Gasteiger partial charge in [-0.05, 0) is 37.2 Å². The molecule has 1 heterocycles. The van der Waals surface area contributed by atoms with Crippen LogP contribution in [0.15, 0.2) is 24.5 Å². The third-order valence-electron chi connectivity index (χ3n) is 2.59. The van der Waals surface area contributed by atoms with E-state index in [0.29, 0.717) is 5.92 Å². The first kappa shape index (κ1) is 11.1. The molecule has 2 unspecified atom stereocenters. The summed E-state index contributed by atoms with van der Waals surface area (Å²) in [4.78, 5) is 3.99. The third-order valence-corrected chi connectivity index (χ3v) is 2.59. The zero-order valence-electron chi connectivity index (χ0n) is 8.90. The number of hydrogen-bond donors (Lipinski definition) is 2. The van der Waals surface area contributed by atoms with E-state index in [0.717, 1.165) is 13.0 Å². The number of aromatic nitrogens is 1. The van der Waals surface area contributed by atoms with Crippen molar-refractivity contribution in [3.8, 4) is 0 Å². The molecule has 3 heteroatoms. The molecule has 1 aromatic rings. The molecule has 0 saturated carbocycles. The van der Waals surface area contributed by atoms with Gasteiger partial charge in [-0.15, -0.1) is 0 Å². The van der Waals surface area contributed by atoms with Crippen molar-refractivity contribution in [1.29, 1.82) is 0 Å². The van der Waals surface area contributed by atoms with Gasteiger partial charge in [0.05, 0.1) is 0 Å². The lowest BCUT2D eigenvalue weighted by Crippen LogP contribution is -2.29. The minimum absolute atomic E-state index is 0.107. The Morgan fingerprint density at radius 1 is 1.43 bits per heavy atom. The highest BCUT2D eigenvalue weighted by molar-refractivity contribution is 5.15. The lowest BCUT2D eigenvalue weighted by Gasteiger charge is -2.22. The van der Waals surface area contributed by atoms with Crippen LogP contribution < -0.4 is 11.1 Å². The maximum atomic E-state index is 6.17. The van der Waals surface area contributed by atoms with E-state index in [1.54, 1.807) is 12.4 Å². The maximum absolute atomic E-state index is 6.17. The van der Waals surface area contributed by atoms with Crippen LogP contribution in [0, 0.1) is 5.92 Å². The Morgan fingerprint density at radius 2 is 2.07 bits per heavy atom. The summed E-state index contributed by atoms with van der Waals surface area (Å²) in [5, 5.41) is 3.17. The monoisotopic (exact) mass is 193 g/mol. The fourth-order valence-electron chi connectivity index (χ4n) is 1.65. The molecule has 0 amide bonds. The summed E-state index contributed by atoms with van der Waals surface area (Å²) in [7, 11) is 1.96. The van der Waals surface area contributed by atoms with Crippen molar-refractivity contribution in [2.24, 2.45) is 11.7 Å². The molecule has 1 rings (SSSR count). The Kier molecular flexibility index (Phi) is 4.56. The largest absolute Gasteiger partial charge is 0.324 e. The molecule has 0 fully saturated rings. The summed E-state index contributed by atoms with van der Waals surface area (Å²) >= 11 is 0. The van der Waals surface area contributed by atoms with E-state index in [1.165, 1.54) is 5.56 Å². The number of nitrogens with two attached hydrogens (primary N) is 1. The van der Waals surface area contributed by atoms with Gasteiger partial charge in [-0.1, -0.05) is 13.3 Å². The van der Waals surface area contributed by atoms with Crippen molar-refractivity contribution < 1.29 is 0 Å². The van der Waals surface area contributed by atoms with Crippen LogP contribution in [-0.4, -0.2) is 18.6 Å². The first-order valence-corrected chi connectivity index (χ1v) is 5.09. The summed E-state index contributed by atoms with van der Waals surface area (Å²) in [6.07, 6.45) is 4.67. The predicted molar refractivity (Wildman–Crippen MR) is 58.9 cm³/mol. The minimum Gasteiger partial charge on any atom is -0.324 e. The van der Waals surface area contributed by atoms with E-state index in [1.807, 2.05) is 19.2 Å². The molecular weight excluding hydrogens is 174 g/mol. The average molecular weight is 193 g/mol. The van der Waals surface area contributed by atoms with Gasteiger partial charge < -0.3 is 11.1 Å². The van der Waals surface area contributed by atoms with Crippen LogP contribution in [-0.2, 0) is 0 Å². The van der Waals surface area contributed by atoms with E-state index in [2.05, 4.69) is 17.2 Å². The molecule has 0 aliphatic carbocycles. The number of rotatable bonds is 5. The first-order chi connectivity index (χ1) is 6.79. The second kappa shape index (κ2) is 5.73. The normalized spacial score (nSPS) is 15.1. The molecule has 0 aliphatic heterocycles. The van der Waals surface area contributed by atoms with Gasteiger partial charge in [0.15, 0.2) is 0 Å². The molecule has 0 radical (unpaired) electrons. The summed E-state index contributed by atoms with van der Waals surface area (Å²) in [6.45, 7) is 3.13. The van der Waals surface area contributed by atoms with E-state index >= 15 is 0 Å². The van der Waals surface area contributed by atoms with E-state index in [-0.39, 0.29) is 6.04 Å². The zero-order chi connectivity index (χ0) is 10.4. The first-order valence-electron chi connectivity index (χ1n) is 5.09. The Morgan fingerprint density at radius 3 is 2.57 bits per heavy atom. The molecule has 0 aromatic carbocycles. The molecule has 0 saturated heterocycles. The highest BCUT2D eigenvalue weighted by atomic mass is 14.8. The molecule has 3 N–H and O–H groups in total. The Hall–Kier alpha value is -0.930. The summed E-state index contributed by atoms with van der Waals surface area (Å²) in [5.41, 5.74) is 7.34. The predicted octanol–water partition coefficient (Wildman–Crippen LogP) is 1.33. The van der Waals surface area contributed by atoms with Crippen molar-refractivity contribution in [3.63, 3.8) is 0 Å². The minimum atomic E-state index is 0.107. The number of nitrogens with zero attached hydrogens (tertiary/aromatic N) is 1. The summed E-state index contributed by atoms with van der Waals surface area (Å²) in [5.74, 6) is 0.488. The number of pyridine rings is 1. The third kappa shape index (κ3) is 2.79. The zero-order valence-corrected chi connectivity index (χ0v) is 8.90. The van der Waals surface area contributed by atoms with E-state index in [4.69, 9.17) is 5.73 Å². The molecule has 1 aromatic heterocycles. The van der Waals surface area contributed by atoms with Crippen molar-refractivity contribution in [3.05, 3.63) is 30.1 Å². The molecular formula is C11H19N3. The average Bonchev–Trinajstić information content (AvgIpc) is 2.26.